The third kappa shape index (κ3) is 4.19. The van der Waals surface area contributed by atoms with E-state index in [0.29, 0.717) is 37.2 Å². The monoisotopic (exact) mass is 346 g/mol. The van der Waals surface area contributed by atoms with Gasteiger partial charge in [0.2, 0.25) is 6.43 Å². The van der Waals surface area contributed by atoms with Crippen molar-refractivity contribution in [1.29, 1.82) is 0 Å². The van der Waals surface area contributed by atoms with Crippen molar-refractivity contribution >= 4 is 5.97 Å². The van der Waals surface area contributed by atoms with E-state index in [-0.39, 0.29) is 23.9 Å². The third-order valence-corrected chi connectivity index (χ3v) is 5.25. The molecular formula is C18H22F4O2. The zero-order chi connectivity index (χ0) is 17.3. The first-order chi connectivity index (χ1) is 11.3. The summed E-state index contributed by atoms with van der Waals surface area (Å²) < 4.78 is 56.8. The minimum atomic E-state index is -3.32. The number of fused-ring (bicyclic) bond motifs is 2. The Hall–Kier alpha value is -1.33. The summed E-state index contributed by atoms with van der Waals surface area (Å²) in [5.41, 5.74) is 0.716. The van der Waals surface area contributed by atoms with Gasteiger partial charge >= 0.3 is 5.97 Å². The van der Waals surface area contributed by atoms with E-state index in [9.17, 15) is 22.4 Å². The molecule has 0 saturated heterocycles. The number of ether oxygens (including phenoxy) is 1. The summed E-state index contributed by atoms with van der Waals surface area (Å²) in [4.78, 5) is 12.2. The zero-order valence-electron chi connectivity index (χ0n) is 13.4. The van der Waals surface area contributed by atoms with E-state index < -0.39 is 25.2 Å². The number of halogens is 4. The first-order valence-electron chi connectivity index (χ1n) is 8.59. The topological polar surface area (TPSA) is 26.3 Å². The Morgan fingerprint density at radius 1 is 1.21 bits per heavy atom. The van der Waals surface area contributed by atoms with Crippen LogP contribution < -0.4 is 0 Å². The van der Waals surface area contributed by atoms with Crippen LogP contribution in [-0.4, -0.2) is 24.4 Å². The molecule has 0 aromatic rings. The molecule has 0 radical (unpaired) electrons. The molecule has 0 amide bonds. The number of hydrogen-bond donors (Lipinski definition) is 0. The average Bonchev–Trinajstić information content (AvgIpc) is 3.10. The molecule has 2 nitrogen and oxygen atoms in total. The van der Waals surface area contributed by atoms with E-state index in [4.69, 9.17) is 4.74 Å². The first kappa shape index (κ1) is 17.5. The van der Waals surface area contributed by atoms with Crippen molar-refractivity contribution < 1.29 is 27.1 Å². The lowest BCUT2D eigenvalue weighted by Gasteiger charge is -2.30. The Labute approximate surface area is 138 Å². The maximum Gasteiger partial charge on any atom is 0.334 e. The highest BCUT2D eigenvalue weighted by Crippen LogP contribution is 2.40. The van der Waals surface area contributed by atoms with Gasteiger partial charge in [0, 0.05) is 17.9 Å². The van der Waals surface area contributed by atoms with Crippen LogP contribution in [-0.2, 0) is 9.53 Å². The smallest absolute Gasteiger partial charge is 0.334 e. The molecule has 0 aromatic carbocycles. The van der Waals surface area contributed by atoms with Gasteiger partial charge in [0.05, 0.1) is 6.42 Å². The quantitative estimate of drug-likeness (QED) is 0.388. The Kier molecular flexibility index (Phi) is 5.02. The number of carbonyl (C=O) groups is 1. The lowest BCUT2D eigenvalue weighted by molar-refractivity contribution is -0.147. The fourth-order valence-corrected chi connectivity index (χ4v) is 4.06. The van der Waals surface area contributed by atoms with Gasteiger partial charge in [-0.15, -0.1) is 0 Å². The van der Waals surface area contributed by atoms with Crippen LogP contribution in [0.15, 0.2) is 23.8 Å². The maximum atomic E-state index is 13.5. The molecule has 0 N–H and O–H groups in total. The van der Waals surface area contributed by atoms with Crippen molar-refractivity contribution in [1.82, 2.24) is 0 Å². The maximum absolute atomic E-state index is 13.5. The Morgan fingerprint density at radius 3 is 2.46 bits per heavy atom. The van der Waals surface area contributed by atoms with Crippen molar-refractivity contribution in [3.8, 4) is 0 Å². The summed E-state index contributed by atoms with van der Waals surface area (Å²) in [7, 11) is 0. The molecule has 0 heterocycles. The number of alkyl halides is 4. The van der Waals surface area contributed by atoms with E-state index >= 15 is 0 Å². The van der Waals surface area contributed by atoms with Crippen molar-refractivity contribution in [3.05, 3.63) is 23.8 Å². The van der Waals surface area contributed by atoms with Crippen LogP contribution in [0.3, 0.4) is 0 Å². The summed E-state index contributed by atoms with van der Waals surface area (Å²) in [5, 5.41) is 0. The highest BCUT2D eigenvalue weighted by molar-refractivity contribution is 5.90. The fraction of sp³-hybridized carbons (Fsp3) is 0.722. The van der Waals surface area contributed by atoms with E-state index in [1.54, 1.807) is 0 Å². The summed E-state index contributed by atoms with van der Waals surface area (Å²) >= 11 is 0. The van der Waals surface area contributed by atoms with Crippen LogP contribution >= 0.6 is 0 Å². The van der Waals surface area contributed by atoms with Gasteiger partial charge in [-0.2, -0.15) is 0 Å². The second kappa shape index (κ2) is 6.89. The minimum absolute atomic E-state index is 0.159. The van der Waals surface area contributed by atoms with Crippen molar-refractivity contribution in [2.45, 2.75) is 63.4 Å². The molecule has 1 fully saturated rings. The molecule has 3 aliphatic rings. The van der Waals surface area contributed by atoms with Gasteiger partial charge in [-0.1, -0.05) is 18.2 Å². The van der Waals surface area contributed by atoms with E-state index in [1.807, 2.05) is 12.2 Å². The lowest BCUT2D eigenvalue weighted by atomic mass is 9.83. The highest BCUT2D eigenvalue weighted by Gasteiger charge is 2.38. The van der Waals surface area contributed by atoms with Crippen LogP contribution in [0.25, 0.3) is 0 Å². The van der Waals surface area contributed by atoms with Crippen LogP contribution in [0.4, 0.5) is 17.6 Å². The molecule has 3 rings (SSSR count). The zero-order valence-corrected chi connectivity index (χ0v) is 13.4. The minimum Gasteiger partial charge on any atom is -0.459 e. The molecule has 24 heavy (non-hydrogen) atoms. The number of rotatable bonds is 6. The van der Waals surface area contributed by atoms with E-state index in [1.165, 1.54) is 0 Å². The van der Waals surface area contributed by atoms with Gasteiger partial charge in [0.25, 0.3) is 5.92 Å². The lowest BCUT2D eigenvalue weighted by Crippen LogP contribution is -2.30. The van der Waals surface area contributed by atoms with E-state index in [0.717, 1.165) is 6.42 Å². The predicted molar refractivity (Wildman–Crippen MR) is 80.8 cm³/mol. The van der Waals surface area contributed by atoms with Crippen LogP contribution in [0.5, 0.6) is 0 Å². The molecule has 2 atom stereocenters. The van der Waals surface area contributed by atoms with Crippen LogP contribution in [0.2, 0.25) is 0 Å². The molecule has 0 aliphatic heterocycles. The van der Waals surface area contributed by atoms with Gasteiger partial charge < -0.3 is 4.74 Å². The first-order valence-corrected chi connectivity index (χ1v) is 8.59. The third-order valence-electron chi connectivity index (χ3n) is 5.25. The Bertz CT molecular complexity index is 533. The average molecular weight is 346 g/mol. The molecule has 2 unspecified atom stereocenters. The van der Waals surface area contributed by atoms with Crippen molar-refractivity contribution in [3.63, 3.8) is 0 Å². The standard InChI is InChI=1S/C18H22F4O2/c19-16(20)10-18(21,22)9-11-2-5-14(6-3-11)24-17(23)15-8-12-1-4-13(15)7-12/h1,4,8,11-14,16H,2-3,5-7,9-10H2. The molecule has 0 spiro atoms. The summed E-state index contributed by atoms with van der Waals surface area (Å²) in [6.07, 6.45) is 3.93. The van der Waals surface area contributed by atoms with Crippen LogP contribution in [0, 0.1) is 17.8 Å². The SMILES string of the molecule is O=C(OC1CCC(CC(F)(F)CC(F)F)CC1)C1=CC2C=CC1C2. The molecule has 2 bridgehead atoms. The van der Waals surface area contributed by atoms with Gasteiger partial charge in [0.15, 0.2) is 0 Å². The number of esters is 1. The Balaban J connectivity index is 1.42. The summed E-state index contributed by atoms with van der Waals surface area (Å²) in [6, 6.07) is 0. The van der Waals surface area contributed by atoms with E-state index in [2.05, 4.69) is 6.08 Å². The van der Waals surface area contributed by atoms with Gasteiger partial charge in [-0.3, -0.25) is 0 Å². The van der Waals surface area contributed by atoms with Crippen molar-refractivity contribution in [2.75, 3.05) is 0 Å². The van der Waals surface area contributed by atoms with Gasteiger partial charge in [0.1, 0.15) is 6.10 Å². The normalized spacial score (nSPS) is 32.3. The number of hydrogen-bond acceptors (Lipinski definition) is 2. The summed E-state index contributed by atoms with van der Waals surface area (Å²) in [6.45, 7) is 0. The second-order valence-corrected chi connectivity index (χ2v) is 7.22. The number of allylic oxidation sites excluding steroid dienone is 3. The molecular weight excluding hydrogens is 324 g/mol. The molecule has 3 aliphatic carbocycles. The number of carbonyl (C=O) groups excluding carboxylic acids is 1. The fourth-order valence-electron chi connectivity index (χ4n) is 4.06. The predicted octanol–water partition coefficient (Wildman–Crippen LogP) is 4.90. The van der Waals surface area contributed by atoms with Gasteiger partial charge in [-0.05, 0) is 43.9 Å². The van der Waals surface area contributed by atoms with Gasteiger partial charge in [-0.25, -0.2) is 22.4 Å². The summed E-state index contributed by atoms with van der Waals surface area (Å²) in [5.74, 6) is -3.39. The van der Waals surface area contributed by atoms with Crippen molar-refractivity contribution in [2.24, 2.45) is 17.8 Å². The molecule has 1 saturated carbocycles. The molecule has 6 heteroatoms. The van der Waals surface area contributed by atoms with Crippen LogP contribution in [0.1, 0.15) is 44.9 Å². The Morgan fingerprint density at radius 2 is 1.92 bits per heavy atom. The molecule has 0 aromatic heterocycles. The highest BCUT2D eigenvalue weighted by atomic mass is 19.3. The molecule has 134 valence electrons. The second-order valence-electron chi connectivity index (χ2n) is 7.22. The largest absolute Gasteiger partial charge is 0.459 e.